The van der Waals surface area contributed by atoms with Crippen molar-refractivity contribution in [2.24, 2.45) is 5.10 Å². The SMILES string of the molecule is CC(=O)C(C#N)=NNc1ccc(SC(F)(F)F)cc1. The fourth-order valence-corrected chi connectivity index (χ4v) is 1.57. The van der Waals surface area contributed by atoms with Gasteiger partial charge in [-0.15, -0.1) is 0 Å². The lowest BCUT2D eigenvalue weighted by atomic mass is 10.3. The number of alkyl halides is 3. The number of halogens is 3. The van der Waals surface area contributed by atoms with Crippen LogP contribution in [0, 0.1) is 11.3 Å². The quantitative estimate of drug-likeness (QED) is 0.525. The number of benzene rings is 1. The van der Waals surface area contributed by atoms with Gasteiger partial charge in [0, 0.05) is 11.8 Å². The molecule has 0 aliphatic heterocycles. The van der Waals surface area contributed by atoms with Gasteiger partial charge in [-0.05, 0) is 36.0 Å². The first kappa shape index (κ1) is 15.0. The van der Waals surface area contributed by atoms with Gasteiger partial charge < -0.3 is 0 Å². The minimum Gasteiger partial charge on any atom is -0.292 e. The Bertz CT molecular complexity index is 532. The second-order valence-electron chi connectivity index (χ2n) is 3.31. The summed E-state index contributed by atoms with van der Waals surface area (Å²) in [6, 6.07) is 6.85. The Morgan fingerprint density at radius 2 is 1.95 bits per heavy atom. The van der Waals surface area contributed by atoms with E-state index in [1.807, 2.05) is 0 Å². The van der Waals surface area contributed by atoms with Crippen molar-refractivity contribution in [3.63, 3.8) is 0 Å². The molecule has 1 aromatic rings. The van der Waals surface area contributed by atoms with Gasteiger partial charge in [0.05, 0.1) is 5.69 Å². The normalized spacial score (nSPS) is 11.8. The number of nitrogens with zero attached hydrogens (tertiary/aromatic N) is 2. The van der Waals surface area contributed by atoms with Crippen LogP contribution in [0.1, 0.15) is 6.92 Å². The van der Waals surface area contributed by atoms with E-state index in [9.17, 15) is 18.0 Å². The van der Waals surface area contributed by atoms with Crippen LogP contribution in [0.2, 0.25) is 0 Å². The Morgan fingerprint density at radius 1 is 1.37 bits per heavy atom. The van der Waals surface area contributed by atoms with Gasteiger partial charge in [-0.1, -0.05) is 0 Å². The van der Waals surface area contributed by atoms with Crippen molar-refractivity contribution in [3.8, 4) is 6.07 Å². The van der Waals surface area contributed by atoms with Gasteiger partial charge >= 0.3 is 5.51 Å². The fourth-order valence-electron chi connectivity index (χ4n) is 1.03. The van der Waals surface area contributed by atoms with Gasteiger partial charge in [0.2, 0.25) is 5.71 Å². The van der Waals surface area contributed by atoms with Crippen molar-refractivity contribution in [1.29, 1.82) is 5.26 Å². The fraction of sp³-hybridized carbons (Fsp3) is 0.182. The van der Waals surface area contributed by atoms with Gasteiger partial charge in [-0.3, -0.25) is 10.2 Å². The highest BCUT2D eigenvalue weighted by atomic mass is 32.2. The predicted octanol–water partition coefficient (Wildman–Crippen LogP) is 3.18. The monoisotopic (exact) mass is 287 g/mol. The molecule has 0 aliphatic rings. The first-order valence-corrected chi connectivity index (χ1v) is 5.74. The zero-order valence-electron chi connectivity index (χ0n) is 9.65. The molecular weight excluding hydrogens is 279 g/mol. The highest BCUT2D eigenvalue weighted by molar-refractivity contribution is 8.00. The van der Waals surface area contributed by atoms with Crippen molar-refractivity contribution >= 4 is 28.9 Å². The predicted molar refractivity (Wildman–Crippen MR) is 65.7 cm³/mol. The molecule has 0 unspecified atom stereocenters. The third-order valence-electron chi connectivity index (χ3n) is 1.82. The van der Waals surface area contributed by atoms with E-state index in [-0.39, 0.29) is 22.4 Å². The summed E-state index contributed by atoms with van der Waals surface area (Å²) < 4.78 is 36.2. The molecule has 1 N–H and O–H groups in total. The Kier molecular flexibility index (Phi) is 4.94. The molecule has 0 bridgehead atoms. The zero-order valence-corrected chi connectivity index (χ0v) is 10.5. The molecule has 8 heteroatoms. The molecule has 19 heavy (non-hydrogen) atoms. The standard InChI is InChI=1S/C11H8F3N3OS/c1-7(18)10(6-15)17-16-8-2-4-9(5-3-8)19-11(12,13)14/h2-5,16H,1H3. The minimum absolute atomic E-state index is 0.0362. The number of hydrogen-bond donors (Lipinski definition) is 1. The number of thioether (sulfide) groups is 1. The summed E-state index contributed by atoms with van der Waals surface area (Å²) in [7, 11) is 0. The highest BCUT2D eigenvalue weighted by Crippen LogP contribution is 2.36. The number of ketones is 1. The maximum atomic E-state index is 12.1. The molecule has 1 aromatic carbocycles. The van der Waals surface area contributed by atoms with E-state index in [4.69, 9.17) is 5.26 Å². The van der Waals surface area contributed by atoms with Gasteiger partial charge in [0.15, 0.2) is 5.78 Å². The molecule has 0 heterocycles. The summed E-state index contributed by atoms with van der Waals surface area (Å²) in [6.07, 6.45) is 0. The van der Waals surface area contributed by atoms with Crippen LogP contribution >= 0.6 is 11.8 Å². The maximum Gasteiger partial charge on any atom is 0.446 e. The zero-order chi connectivity index (χ0) is 14.5. The van der Waals surface area contributed by atoms with Gasteiger partial charge in [-0.2, -0.15) is 23.5 Å². The Morgan fingerprint density at radius 3 is 2.37 bits per heavy atom. The topological polar surface area (TPSA) is 65.2 Å². The summed E-state index contributed by atoms with van der Waals surface area (Å²) >= 11 is -0.227. The molecule has 0 amide bonds. The first-order valence-electron chi connectivity index (χ1n) is 4.92. The molecule has 0 saturated carbocycles. The van der Waals surface area contributed by atoms with E-state index in [1.54, 1.807) is 6.07 Å². The van der Waals surface area contributed by atoms with E-state index >= 15 is 0 Å². The average Bonchev–Trinajstić information content (AvgIpc) is 2.29. The number of hydrogen-bond acceptors (Lipinski definition) is 5. The van der Waals surface area contributed by atoms with Crippen LogP contribution in [0.3, 0.4) is 0 Å². The average molecular weight is 287 g/mol. The van der Waals surface area contributed by atoms with Crippen molar-refractivity contribution in [1.82, 2.24) is 0 Å². The molecule has 0 fully saturated rings. The molecule has 0 radical (unpaired) electrons. The summed E-state index contributed by atoms with van der Waals surface area (Å²) in [5.41, 5.74) is -1.85. The molecular formula is C11H8F3N3OS. The molecule has 0 saturated heterocycles. The lowest BCUT2D eigenvalue weighted by Gasteiger charge is -2.06. The number of nitriles is 1. The third-order valence-corrected chi connectivity index (χ3v) is 2.56. The third kappa shape index (κ3) is 5.44. The largest absolute Gasteiger partial charge is 0.446 e. The Labute approximate surface area is 111 Å². The van der Waals surface area contributed by atoms with Crippen LogP contribution in [-0.4, -0.2) is 17.0 Å². The summed E-state index contributed by atoms with van der Waals surface area (Å²) in [6.45, 7) is 1.19. The molecule has 0 aliphatic carbocycles. The number of rotatable bonds is 4. The lowest BCUT2D eigenvalue weighted by molar-refractivity contribution is -0.110. The van der Waals surface area contributed by atoms with E-state index < -0.39 is 11.3 Å². The molecule has 4 nitrogen and oxygen atoms in total. The maximum absolute atomic E-state index is 12.1. The van der Waals surface area contributed by atoms with Crippen LogP contribution in [0.4, 0.5) is 18.9 Å². The molecule has 0 atom stereocenters. The van der Waals surface area contributed by atoms with Crippen LogP contribution in [0.5, 0.6) is 0 Å². The highest BCUT2D eigenvalue weighted by Gasteiger charge is 2.28. The van der Waals surface area contributed by atoms with Crippen LogP contribution < -0.4 is 5.43 Å². The molecule has 100 valence electrons. The summed E-state index contributed by atoms with van der Waals surface area (Å²) in [4.78, 5) is 10.9. The van der Waals surface area contributed by atoms with Crippen LogP contribution in [0.15, 0.2) is 34.3 Å². The van der Waals surface area contributed by atoms with E-state index in [0.717, 1.165) is 0 Å². The lowest BCUT2D eigenvalue weighted by Crippen LogP contribution is -2.09. The van der Waals surface area contributed by atoms with Gasteiger partial charge in [-0.25, -0.2) is 0 Å². The number of Topliss-reactive ketones (excluding diaryl/α,β-unsaturated/α-hetero) is 1. The van der Waals surface area contributed by atoms with Crippen molar-refractivity contribution < 1.29 is 18.0 Å². The number of carbonyl (C=O) groups excluding carboxylic acids is 1. The van der Waals surface area contributed by atoms with Crippen LogP contribution in [-0.2, 0) is 4.79 Å². The smallest absolute Gasteiger partial charge is 0.292 e. The van der Waals surface area contributed by atoms with Gasteiger partial charge in [0.25, 0.3) is 0 Å². The summed E-state index contributed by atoms with van der Waals surface area (Å²) in [5, 5.41) is 12.1. The molecule has 0 aromatic heterocycles. The van der Waals surface area contributed by atoms with E-state index in [0.29, 0.717) is 5.69 Å². The summed E-state index contributed by atoms with van der Waals surface area (Å²) in [5.74, 6) is -0.501. The number of hydrazone groups is 1. The van der Waals surface area contributed by atoms with Crippen LogP contribution in [0.25, 0.3) is 0 Å². The van der Waals surface area contributed by atoms with E-state index in [2.05, 4.69) is 10.5 Å². The number of nitrogens with one attached hydrogen (secondary N) is 1. The number of carbonyl (C=O) groups is 1. The van der Waals surface area contributed by atoms with E-state index in [1.165, 1.54) is 31.2 Å². The second-order valence-corrected chi connectivity index (χ2v) is 4.45. The minimum atomic E-state index is -4.34. The van der Waals surface area contributed by atoms with Gasteiger partial charge in [0.1, 0.15) is 6.07 Å². The van der Waals surface area contributed by atoms with Crippen molar-refractivity contribution in [2.45, 2.75) is 17.3 Å². The Balaban J connectivity index is 2.73. The Hall–Kier alpha value is -2.01. The first-order chi connectivity index (χ1) is 8.81. The van der Waals surface area contributed by atoms with Crippen molar-refractivity contribution in [3.05, 3.63) is 24.3 Å². The second kappa shape index (κ2) is 6.24. The molecule has 0 spiro atoms. The number of anilines is 1. The molecule has 1 rings (SSSR count). The van der Waals surface area contributed by atoms with Crippen molar-refractivity contribution in [2.75, 3.05) is 5.43 Å².